The summed E-state index contributed by atoms with van der Waals surface area (Å²) in [6.07, 6.45) is 10.9. The highest BCUT2D eigenvalue weighted by molar-refractivity contribution is 4.81. The summed E-state index contributed by atoms with van der Waals surface area (Å²) in [6, 6.07) is 1.65. The molecule has 1 aliphatic rings. The summed E-state index contributed by atoms with van der Waals surface area (Å²) in [7, 11) is 0. The Morgan fingerprint density at radius 3 is 2.28 bits per heavy atom. The third-order valence-corrected chi connectivity index (χ3v) is 4.24. The Hall–Kier alpha value is -0.0800. The van der Waals surface area contributed by atoms with E-state index in [1.165, 1.54) is 71.0 Å². The Bertz CT molecular complexity index is 186. The van der Waals surface area contributed by atoms with Crippen LogP contribution >= 0.6 is 0 Å². The summed E-state index contributed by atoms with van der Waals surface area (Å²) in [5.41, 5.74) is 0. The van der Waals surface area contributed by atoms with Crippen molar-refractivity contribution in [3.05, 3.63) is 0 Å². The molecule has 1 heterocycles. The molecule has 1 aliphatic heterocycles. The maximum Gasteiger partial charge on any atom is 0.00951 e. The molecule has 1 rings (SSSR count). The van der Waals surface area contributed by atoms with E-state index in [1.54, 1.807) is 0 Å². The third-order valence-electron chi connectivity index (χ3n) is 4.24. The fourth-order valence-corrected chi connectivity index (χ4v) is 3.10. The Morgan fingerprint density at radius 2 is 1.72 bits per heavy atom. The lowest BCUT2D eigenvalue weighted by Crippen LogP contribution is -2.46. The van der Waals surface area contributed by atoms with Crippen molar-refractivity contribution in [1.29, 1.82) is 0 Å². The van der Waals surface area contributed by atoms with Gasteiger partial charge in [-0.15, -0.1) is 0 Å². The minimum Gasteiger partial charge on any atom is -0.314 e. The van der Waals surface area contributed by atoms with Crippen LogP contribution in [0.25, 0.3) is 0 Å². The van der Waals surface area contributed by atoms with Crippen molar-refractivity contribution >= 4 is 0 Å². The number of likely N-dealkylation sites (tertiary alicyclic amines) is 1. The molecule has 0 saturated carbocycles. The van der Waals surface area contributed by atoms with Gasteiger partial charge in [0.05, 0.1) is 0 Å². The summed E-state index contributed by atoms with van der Waals surface area (Å²) in [5.74, 6) is 0. The van der Waals surface area contributed by atoms with Crippen molar-refractivity contribution in [3.63, 3.8) is 0 Å². The lowest BCUT2D eigenvalue weighted by molar-refractivity contribution is 0.128. The average molecular weight is 254 g/mol. The quantitative estimate of drug-likeness (QED) is 0.673. The molecule has 0 radical (unpaired) electrons. The van der Waals surface area contributed by atoms with Gasteiger partial charge in [0.15, 0.2) is 0 Å². The zero-order valence-corrected chi connectivity index (χ0v) is 12.9. The van der Waals surface area contributed by atoms with Crippen LogP contribution in [0.3, 0.4) is 0 Å². The van der Waals surface area contributed by atoms with Crippen LogP contribution in [0.5, 0.6) is 0 Å². The van der Waals surface area contributed by atoms with Gasteiger partial charge in [-0.05, 0) is 51.7 Å². The van der Waals surface area contributed by atoms with Gasteiger partial charge >= 0.3 is 0 Å². The van der Waals surface area contributed by atoms with Crippen LogP contribution in [0.2, 0.25) is 0 Å². The monoisotopic (exact) mass is 254 g/mol. The molecule has 0 spiro atoms. The van der Waals surface area contributed by atoms with Crippen LogP contribution in [-0.2, 0) is 0 Å². The van der Waals surface area contributed by atoms with E-state index < -0.39 is 0 Å². The summed E-state index contributed by atoms with van der Waals surface area (Å²) < 4.78 is 0. The number of piperidine rings is 1. The van der Waals surface area contributed by atoms with Gasteiger partial charge in [-0.25, -0.2) is 0 Å². The van der Waals surface area contributed by atoms with Crippen molar-refractivity contribution in [2.45, 2.75) is 84.2 Å². The van der Waals surface area contributed by atoms with Gasteiger partial charge in [-0.2, -0.15) is 0 Å². The maximum absolute atomic E-state index is 3.68. The van der Waals surface area contributed by atoms with Crippen molar-refractivity contribution in [1.82, 2.24) is 10.2 Å². The number of unbranched alkanes of at least 4 members (excludes halogenated alkanes) is 1. The number of nitrogens with one attached hydrogen (secondary N) is 1. The molecule has 108 valence electrons. The topological polar surface area (TPSA) is 15.3 Å². The van der Waals surface area contributed by atoms with Crippen LogP contribution in [0.4, 0.5) is 0 Å². The number of rotatable bonds is 9. The van der Waals surface area contributed by atoms with Crippen molar-refractivity contribution in [2.75, 3.05) is 19.6 Å². The first-order valence-corrected chi connectivity index (χ1v) is 8.29. The van der Waals surface area contributed by atoms with E-state index in [0.717, 1.165) is 12.1 Å². The van der Waals surface area contributed by atoms with Gasteiger partial charge < -0.3 is 10.2 Å². The largest absolute Gasteiger partial charge is 0.314 e. The summed E-state index contributed by atoms with van der Waals surface area (Å²) >= 11 is 0. The van der Waals surface area contributed by atoms with E-state index in [9.17, 15) is 0 Å². The first-order chi connectivity index (χ1) is 8.81. The SMILES string of the molecule is CCCCC(CCC)N1CCC(NCCC)CC1. The van der Waals surface area contributed by atoms with Crippen molar-refractivity contribution in [2.24, 2.45) is 0 Å². The fraction of sp³-hybridized carbons (Fsp3) is 1.00. The molecule has 0 bridgehead atoms. The molecule has 1 fully saturated rings. The summed E-state index contributed by atoms with van der Waals surface area (Å²) in [6.45, 7) is 10.7. The zero-order valence-electron chi connectivity index (χ0n) is 12.9. The highest BCUT2D eigenvalue weighted by Crippen LogP contribution is 2.20. The standard InChI is InChI=1S/C16H34N2/c1-4-7-9-16(8-5-2)18-13-10-15(11-14-18)17-12-6-3/h15-17H,4-14H2,1-3H3. The highest BCUT2D eigenvalue weighted by Gasteiger charge is 2.23. The molecule has 1 N–H and O–H groups in total. The minimum absolute atomic E-state index is 0.787. The lowest BCUT2D eigenvalue weighted by Gasteiger charge is -2.38. The first-order valence-electron chi connectivity index (χ1n) is 8.29. The molecule has 0 aromatic carbocycles. The summed E-state index contributed by atoms with van der Waals surface area (Å²) in [4.78, 5) is 2.77. The van der Waals surface area contributed by atoms with Gasteiger partial charge in [0.1, 0.15) is 0 Å². The molecule has 2 nitrogen and oxygen atoms in total. The Balaban J connectivity index is 2.28. The molecule has 1 saturated heterocycles. The normalized spacial score (nSPS) is 20.2. The molecule has 18 heavy (non-hydrogen) atoms. The van der Waals surface area contributed by atoms with Crippen LogP contribution < -0.4 is 5.32 Å². The van der Waals surface area contributed by atoms with E-state index in [1.807, 2.05) is 0 Å². The average Bonchev–Trinajstić information content (AvgIpc) is 2.42. The minimum atomic E-state index is 0.787. The zero-order chi connectivity index (χ0) is 13.2. The van der Waals surface area contributed by atoms with Crippen LogP contribution in [0.15, 0.2) is 0 Å². The van der Waals surface area contributed by atoms with E-state index in [2.05, 4.69) is 31.0 Å². The fourth-order valence-electron chi connectivity index (χ4n) is 3.10. The van der Waals surface area contributed by atoms with Gasteiger partial charge in [-0.3, -0.25) is 0 Å². The Labute approximate surface area is 115 Å². The maximum atomic E-state index is 3.68. The second kappa shape index (κ2) is 9.80. The van der Waals surface area contributed by atoms with Crippen molar-refractivity contribution < 1.29 is 0 Å². The van der Waals surface area contributed by atoms with Gasteiger partial charge in [0.25, 0.3) is 0 Å². The predicted molar refractivity (Wildman–Crippen MR) is 81.1 cm³/mol. The number of nitrogens with zero attached hydrogens (tertiary/aromatic N) is 1. The number of hydrogen-bond acceptors (Lipinski definition) is 2. The number of hydrogen-bond donors (Lipinski definition) is 1. The van der Waals surface area contributed by atoms with E-state index in [-0.39, 0.29) is 0 Å². The first kappa shape index (κ1) is 16.0. The van der Waals surface area contributed by atoms with Gasteiger partial charge in [-0.1, -0.05) is 40.0 Å². The molecule has 0 aromatic rings. The second-order valence-electron chi connectivity index (χ2n) is 5.85. The smallest absolute Gasteiger partial charge is 0.00951 e. The van der Waals surface area contributed by atoms with E-state index in [4.69, 9.17) is 0 Å². The molecule has 1 unspecified atom stereocenters. The Kier molecular flexibility index (Phi) is 8.70. The van der Waals surface area contributed by atoms with Gasteiger partial charge in [0, 0.05) is 12.1 Å². The van der Waals surface area contributed by atoms with Crippen LogP contribution in [0.1, 0.15) is 72.1 Å². The second-order valence-corrected chi connectivity index (χ2v) is 5.85. The molecule has 0 aliphatic carbocycles. The van der Waals surface area contributed by atoms with E-state index >= 15 is 0 Å². The molecule has 0 aromatic heterocycles. The third kappa shape index (κ3) is 5.71. The van der Waals surface area contributed by atoms with Crippen LogP contribution in [-0.4, -0.2) is 36.6 Å². The van der Waals surface area contributed by atoms with E-state index in [0.29, 0.717) is 0 Å². The molecule has 1 atom stereocenters. The Morgan fingerprint density at radius 1 is 1.00 bits per heavy atom. The van der Waals surface area contributed by atoms with Gasteiger partial charge in [0.2, 0.25) is 0 Å². The molecule has 0 amide bonds. The lowest BCUT2D eigenvalue weighted by atomic mass is 9.98. The van der Waals surface area contributed by atoms with Crippen molar-refractivity contribution in [3.8, 4) is 0 Å². The molecule has 2 heteroatoms. The molecular weight excluding hydrogens is 220 g/mol. The molecular formula is C16H34N2. The van der Waals surface area contributed by atoms with Crippen LogP contribution in [0, 0.1) is 0 Å². The summed E-state index contributed by atoms with van der Waals surface area (Å²) in [5, 5.41) is 3.68. The highest BCUT2D eigenvalue weighted by atomic mass is 15.2. The predicted octanol–water partition coefficient (Wildman–Crippen LogP) is 3.81.